The van der Waals surface area contributed by atoms with Gasteiger partial charge < -0.3 is 9.88 Å². The molecule has 0 saturated heterocycles. The van der Waals surface area contributed by atoms with Crippen LogP contribution in [0, 0.1) is 5.92 Å². The van der Waals surface area contributed by atoms with Crippen LogP contribution in [0.1, 0.15) is 31.1 Å². The van der Waals surface area contributed by atoms with Crippen molar-refractivity contribution < 1.29 is 0 Å². The zero-order valence-electron chi connectivity index (χ0n) is 11.6. The summed E-state index contributed by atoms with van der Waals surface area (Å²) < 4.78 is 2.03. The molecule has 0 bridgehead atoms. The monoisotopic (exact) mass is 277 g/mol. The molecule has 102 valence electrons. The molecule has 0 aliphatic rings. The van der Waals surface area contributed by atoms with Gasteiger partial charge in [0.2, 0.25) is 0 Å². The second kappa shape index (κ2) is 6.22. The second-order valence-corrected chi connectivity index (χ2v) is 5.59. The van der Waals surface area contributed by atoms with Gasteiger partial charge in [-0.2, -0.15) is 0 Å². The lowest BCUT2D eigenvalue weighted by Gasteiger charge is -2.23. The van der Waals surface area contributed by atoms with Crippen molar-refractivity contribution in [1.82, 2.24) is 14.9 Å². The van der Waals surface area contributed by atoms with Crippen LogP contribution in [0.4, 0.5) is 0 Å². The van der Waals surface area contributed by atoms with Crippen molar-refractivity contribution in [3.05, 3.63) is 53.1 Å². The van der Waals surface area contributed by atoms with E-state index < -0.39 is 0 Å². The van der Waals surface area contributed by atoms with Gasteiger partial charge in [0, 0.05) is 30.9 Å². The van der Waals surface area contributed by atoms with Crippen LogP contribution in [0.15, 0.2) is 36.8 Å². The van der Waals surface area contributed by atoms with E-state index in [0.717, 1.165) is 11.6 Å². The van der Waals surface area contributed by atoms with Gasteiger partial charge in [0.05, 0.1) is 12.0 Å². The van der Waals surface area contributed by atoms with Gasteiger partial charge in [0.1, 0.15) is 0 Å². The van der Waals surface area contributed by atoms with E-state index in [1.165, 1.54) is 11.3 Å². The number of benzene rings is 1. The van der Waals surface area contributed by atoms with Crippen molar-refractivity contribution >= 4 is 11.6 Å². The minimum absolute atomic E-state index is 0.312. The third-order valence-corrected chi connectivity index (χ3v) is 3.57. The Hall–Kier alpha value is -1.32. The molecule has 0 fully saturated rings. The summed E-state index contributed by atoms with van der Waals surface area (Å²) in [5.41, 5.74) is 2.45. The Morgan fingerprint density at radius 1 is 1.26 bits per heavy atom. The van der Waals surface area contributed by atoms with Gasteiger partial charge in [-0.25, -0.2) is 4.98 Å². The Bertz CT molecular complexity index is 516. The van der Waals surface area contributed by atoms with Crippen molar-refractivity contribution in [3.8, 4) is 0 Å². The van der Waals surface area contributed by atoms with Gasteiger partial charge in [-0.3, -0.25) is 0 Å². The zero-order chi connectivity index (χ0) is 13.8. The molecule has 2 rings (SSSR count). The van der Waals surface area contributed by atoms with Crippen LogP contribution in [0.2, 0.25) is 5.02 Å². The van der Waals surface area contributed by atoms with E-state index in [0.29, 0.717) is 12.0 Å². The fourth-order valence-corrected chi connectivity index (χ4v) is 2.30. The lowest BCUT2D eigenvalue weighted by molar-refractivity contribution is 0.406. The molecule has 1 aromatic carbocycles. The molecular formula is C15H20ClN3. The first-order chi connectivity index (χ1) is 9.08. The third-order valence-electron chi connectivity index (χ3n) is 3.32. The lowest BCUT2D eigenvalue weighted by atomic mass is 9.96. The number of rotatable bonds is 5. The largest absolute Gasteiger partial charge is 0.337 e. The van der Waals surface area contributed by atoms with E-state index in [2.05, 4.69) is 36.3 Å². The molecule has 1 atom stereocenters. The van der Waals surface area contributed by atoms with Crippen LogP contribution in [-0.2, 0) is 13.6 Å². The highest BCUT2D eigenvalue weighted by atomic mass is 35.5. The quantitative estimate of drug-likeness (QED) is 0.906. The van der Waals surface area contributed by atoms with Gasteiger partial charge in [-0.15, -0.1) is 0 Å². The summed E-state index contributed by atoms with van der Waals surface area (Å²) in [6.45, 7) is 5.24. The molecule has 4 heteroatoms. The molecule has 1 N–H and O–H groups in total. The number of hydrogen-bond donors (Lipinski definition) is 1. The maximum absolute atomic E-state index is 5.94. The third kappa shape index (κ3) is 3.58. The summed E-state index contributed by atoms with van der Waals surface area (Å²) in [6.07, 6.45) is 3.72. The SMILES string of the molecule is CC(C)C(NCc1cncn1C)c1ccc(Cl)cc1. The van der Waals surface area contributed by atoms with Crippen molar-refractivity contribution in [1.29, 1.82) is 0 Å². The van der Waals surface area contributed by atoms with Gasteiger partial charge in [0.25, 0.3) is 0 Å². The van der Waals surface area contributed by atoms with E-state index in [9.17, 15) is 0 Å². The number of nitrogens with zero attached hydrogens (tertiary/aromatic N) is 2. The Labute approximate surface area is 119 Å². The highest BCUT2D eigenvalue weighted by molar-refractivity contribution is 6.30. The van der Waals surface area contributed by atoms with Gasteiger partial charge in [-0.05, 0) is 23.6 Å². The molecule has 0 aliphatic carbocycles. The summed E-state index contributed by atoms with van der Waals surface area (Å²) in [5.74, 6) is 0.509. The standard InChI is InChI=1S/C15H20ClN3/c1-11(2)15(12-4-6-13(16)7-5-12)18-9-14-8-17-10-19(14)3/h4-8,10-11,15,18H,9H2,1-3H3. The van der Waals surface area contributed by atoms with E-state index in [4.69, 9.17) is 11.6 Å². The first-order valence-corrected chi connectivity index (χ1v) is 6.89. The topological polar surface area (TPSA) is 29.9 Å². The molecule has 1 unspecified atom stereocenters. The van der Waals surface area contributed by atoms with Crippen LogP contribution in [0.5, 0.6) is 0 Å². The summed E-state index contributed by atoms with van der Waals surface area (Å²) in [5, 5.41) is 4.37. The average Bonchev–Trinajstić information content (AvgIpc) is 2.77. The molecular weight excluding hydrogens is 258 g/mol. The minimum atomic E-state index is 0.312. The zero-order valence-corrected chi connectivity index (χ0v) is 12.4. The Morgan fingerprint density at radius 3 is 2.47 bits per heavy atom. The van der Waals surface area contributed by atoms with Gasteiger partial charge >= 0.3 is 0 Å². The van der Waals surface area contributed by atoms with E-state index in [1.54, 1.807) is 0 Å². The van der Waals surface area contributed by atoms with Gasteiger partial charge in [-0.1, -0.05) is 37.6 Å². The molecule has 0 aliphatic heterocycles. The molecule has 1 aromatic heterocycles. The van der Waals surface area contributed by atoms with Crippen molar-refractivity contribution in [3.63, 3.8) is 0 Å². The van der Waals surface area contributed by atoms with E-state index in [-0.39, 0.29) is 0 Å². The fraction of sp³-hybridized carbons (Fsp3) is 0.400. The minimum Gasteiger partial charge on any atom is -0.337 e. The number of aromatic nitrogens is 2. The highest BCUT2D eigenvalue weighted by Crippen LogP contribution is 2.23. The summed E-state index contributed by atoms with van der Waals surface area (Å²) in [6, 6.07) is 8.37. The van der Waals surface area contributed by atoms with Crippen LogP contribution in [0.25, 0.3) is 0 Å². The average molecular weight is 278 g/mol. The lowest BCUT2D eigenvalue weighted by Crippen LogP contribution is -2.26. The predicted molar refractivity (Wildman–Crippen MR) is 79.1 cm³/mol. The number of halogens is 1. The van der Waals surface area contributed by atoms with E-state index in [1.807, 2.05) is 36.3 Å². The van der Waals surface area contributed by atoms with E-state index >= 15 is 0 Å². The van der Waals surface area contributed by atoms with Crippen LogP contribution >= 0.6 is 11.6 Å². The molecule has 2 aromatic rings. The fourth-order valence-electron chi connectivity index (χ4n) is 2.18. The normalized spacial score (nSPS) is 12.9. The van der Waals surface area contributed by atoms with Crippen molar-refractivity contribution in [2.75, 3.05) is 0 Å². The van der Waals surface area contributed by atoms with Crippen LogP contribution in [-0.4, -0.2) is 9.55 Å². The molecule has 0 amide bonds. The number of imidazole rings is 1. The summed E-state index contributed by atoms with van der Waals surface area (Å²) in [4.78, 5) is 4.13. The number of aryl methyl sites for hydroxylation is 1. The van der Waals surface area contributed by atoms with Crippen molar-refractivity contribution in [2.45, 2.75) is 26.4 Å². The molecule has 0 saturated carbocycles. The molecule has 19 heavy (non-hydrogen) atoms. The molecule has 3 nitrogen and oxygen atoms in total. The smallest absolute Gasteiger partial charge is 0.0945 e. The first-order valence-electron chi connectivity index (χ1n) is 6.52. The van der Waals surface area contributed by atoms with Crippen LogP contribution in [0.3, 0.4) is 0 Å². The van der Waals surface area contributed by atoms with Gasteiger partial charge in [0.15, 0.2) is 0 Å². The Balaban J connectivity index is 2.08. The summed E-state index contributed by atoms with van der Waals surface area (Å²) >= 11 is 5.94. The molecule has 0 radical (unpaired) electrons. The molecule has 1 heterocycles. The summed E-state index contributed by atoms with van der Waals surface area (Å²) in [7, 11) is 2.01. The first kappa shape index (κ1) is 14.1. The molecule has 0 spiro atoms. The maximum Gasteiger partial charge on any atom is 0.0945 e. The second-order valence-electron chi connectivity index (χ2n) is 5.15. The Kier molecular flexibility index (Phi) is 4.61. The number of hydrogen-bond acceptors (Lipinski definition) is 2. The highest BCUT2D eigenvalue weighted by Gasteiger charge is 2.15. The number of nitrogens with one attached hydrogen (secondary N) is 1. The predicted octanol–water partition coefficient (Wildman–Crippen LogP) is 3.56. The van der Waals surface area contributed by atoms with Crippen molar-refractivity contribution in [2.24, 2.45) is 13.0 Å². The maximum atomic E-state index is 5.94. The Morgan fingerprint density at radius 2 is 1.95 bits per heavy atom. The van der Waals surface area contributed by atoms with Crippen LogP contribution < -0.4 is 5.32 Å².